The van der Waals surface area contributed by atoms with Crippen molar-refractivity contribution in [2.24, 2.45) is 5.92 Å². The van der Waals surface area contributed by atoms with Crippen molar-refractivity contribution in [2.75, 3.05) is 37.4 Å². The molecule has 1 aliphatic heterocycles. The van der Waals surface area contributed by atoms with Crippen LogP contribution in [-0.2, 0) is 4.74 Å². The third-order valence-corrected chi connectivity index (χ3v) is 3.66. The summed E-state index contributed by atoms with van der Waals surface area (Å²) in [6.07, 6.45) is 3.97. The molecule has 0 aromatic carbocycles. The highest BCUT2D eigenvalue weighted by atomic mass is 79.9. The minimum absolute atomic E-state index is 0.681. The van der Waals surface area contributed by atoms with Crippen LogP contribution in [0, 0.1) is 5.92 Å². The van der Waals surface area contributed by atoms with E-state index in [2.05, 4.69) is 32.9 Å². The van der Waals surface area contributed by atoms with Gasteiger partial charge in [0, 0.05) is 26.8 Å². The fraction of sp³-hybridized carbons (Fsp3) is 0.583. The van der Waals surface area contributed by atoms with Crippen molar-refractivity contribution in [2.45, 2.75) is 12.8 Å². The molecule has 0 radical (unpaired) electrons. The lowest BCUT2D eigenvalue weighted by molar-refractivity contribution is 0.0685. The van der Waals surface area contributed by atoms with Crippen molar-refractivity contribution < 1.29 is 4.74 Å². The summed E-state index contributed by atoms with van der Waals surface area (Å²) < 4.78 is 6.32. The van der Waals surface area contributed by atoms with Gasteiger partial charge < -0.3 is 15.4 Å². The second-order valence-corrected chi connectivity index (χ2v) is 5.36. The SMILES string of the molecule is CN(CC1CCOCC1)c1ncc(N)cc1Br. The van der Waals surface area contributed by atoms with E-state index in [1.165, 1.54) is 0 Å². The van der Waals surface area contributed by atoms with E-state index in [1.54, 1.807) is 6.20 Å². The molecule has 0 spiro atoms. The third kappa shape index (κ3) is 3.33. The van der Waals surface area contributed by atoms with Gasteiger partial charge in [-0.2, -0.15) is 0 Å². The molecule has 1 aromatic rings. The van der Waals surface area contributed by atoms with Crippen LogP contribution in [0.1, 0.15) is 12.8 Å². The number of nitrogens with two attached hydrogens (primary N) is 1. The van der Waals surface area contributed by atoms with E-state index < -0.39 is 0 Å². The largest absolute Gasteiger partial charge is 0.397 e. The molecular formula is C12H18BrN3O. The van der Waals surface area contributed by atoms with Crippen LogP contribution in [-0.4, -0.2) is 31.8 Å². The number of rotatable bonds is 3. The van der Waals surface area contributed by atoms with Crippen LogP contribution in [0.25, 0.3) is 0 Å². The van der Waals surface area contributed by atoms with E-state index in [-0.39, 0.29) is 0 Å². The van der Waals surface area contributed by atoms with Crippen molar-refractivity contribution in [1.82, 2.24) is 4.98 Å². The van der Waals surface area contributed by atoms with Gasteiger partial charge in [-0.1, -0.05) is 0 Å². The van der Waals surface area contributed by atoms with Crippen LogP contribution < -0.4 is 10.6 Å². The lowest BCUT2D eigenvalue weighted by atomic mass is 10.00. The zero-order valence-electron chi connectivity index (χ0n) is 10.0. The molecule has 0 saturated carbocycles. The molecule has 1 fully saturated rings. The molecule has 2 rings (SSSR count). The molecular weight excluding hydrogens is 282 g/mol. The Bertz CT molecular complexity index is 380. The van der Waals surface area contributed by atoms with Gasteiger partial charge in [0.25, 0.3) is 0 Å². The average Bonchev–Trinajstić information content (AvgIpc) is 2.30. The molecule has 2 heterocycles. The lowest BCUT2D eigenvalue weighted by Crippen LogP contribution is -2.30. The minimum Gasteiger partial charge on any atom is -0.397 e. The molecule has 0 atom stereocenters. The third-order valence-electron chi connectivity index (χ3n) is 3.08. The molecule has 1 saturated heterocycles. The first-order valence-corrected chi connectivity index (χ1v) is 6.66. The Balaban J connectivity index is 2.00. The molecule has 0 unspecified atom stereocenters. The molecule has 1 aromatic heterocycles. The van der Waals surface area contributed by atoms with Gasteiger partial charge in [-0.05, 0) is 40.8 Å². The summed E-state index contributed by atoms with van der Waals surface area (Å²) >= 11 is 3.50. The molecule has 1 aliphatic rings. The van der Waals surface area contributed by atoms with Crippen LogP contribution in [0.2, 0.25) is 0 Å². The molecule has 4 nitrogen and oxygen atoms in total. The van der Waals surface area contributed by atoms with Gasteiger partial charge in [0.1, 0.15) is 5.82 Å². The van der Waals surface area contributed by atoms with Gasteiger partial charge in [0.05, 0.1) is 16.4 Å². The number of hydrogen-bond acceptors (Lipinski definition) is 4. The van der Waals surface area contributed by atoms with Crippen LogP contribution in [0.15, 0.2) is 16.7 Å². The van der Waals surface area contributed by atoms with Gasteiger partial charge in [0.15, 0.2) is 0 Å². The summed E-state index contributed by atoms with van der Waals surface area (Å²) in [4.78, 5) is 6.55. The summed E-state index contributed by atoms with van der Waals surface area (Å²) in [7, 11) is 2.07. The predicted octanol–water partition coefficient (Wildman–Crippen LogP) is 2.29. The van der Waals surface area contributed by atoms with Crippen molar-refractivity contribution in [3.8, 4) is 0 Å². The molecule has 5 heteroatoms. The molecule has 0 amide bonds. The van der Waals surface area contributed by atoms with E-state index in [4.69, 9.17) is 10.5 Å². The highest BCUT2D eigenvalue weighted by Gasteiger charge is 2.17. The Morgan fingerprint density at radius 1 is 1.53 bits per heavy atom. The number of halogens is 1. The number of aromatic nitrogens is 1. The maximum absolute atomic E-state index is 5.68. The van der Waals surface area contributed by atoms with Crippen LogP contribution >= 0.6 is 15.9 Å². The highest BCUT2D eigenvalue weighted by Crippen LogP contribution is 2.26. The monoisotopic (exact) mass is 299 g/mol. The van der Waals surface area contributed by atoms with E-state index in [0.717, 1.165) is 42.9 Å². The Morgan fingerprint density at radius 3 is 2.88 bits per heavy atom. The van der Waals surface area contributed by atoms with E-state index in [1.807, 2.05) is 6.07 Å². The Hall–Kier alpha value is -0.810. The van der Waals surface area contributed by atoms with Crippen molar-refractivity contribution in [3.05, 3.63) is 16.7 Å². The summed E-state index contributed by atoms with van der Waals surface area (Å²) in [5, 5.41) is 0. The first-order chi connectivity index (χ1) is 8.16. The summed E-state index contributed by atoms with van der Waals surface area (Å²) in [6, 6.07) is 1.89. The Labute approximate surface area is 110 Å². The zero-order chi connectivity index (χ0) is 12.3. The number of nitrogen functional groups attached to an aromatic ring is 1. The summed E-state index contributed by atoms with van der Waals surface area (Å²) in [5.74, 6) is 1.64. The van der Waals surface area contributed by atoms with Gasteiger partial charge >= 0.3 is 0 Å². The van der Waals surface area contributed by atoms with Crippen LogP contribution in [0.3, 0.4) is 0 Å². The topological polar surface area (TPSA) is 51.4 Å². The number of nitrogens with zero attached hydrogens (tertiary/aromatic N) is 2. The number of pyridine rings is 1. The van der Waals surface area contributed by atoms with Crippen LogP contribution in [0.4, 0.5) is 11.5 Å². The van der Waals surface area contributed by atoms with Gasteiger partial charge in [-0.25, -0.2) is 4.98 Å². The lowest BCUT2D eigenvalue weighted by Gasteiger charge is -2.28. The second kappa shape index (κ2) is 5.69. The summed E-state index contributed by atoms with van der Waals surface area (Å²) in [5.41, 5.74) is 6.37. The number of hydrogen-bond donors (Lipinski definition) is 1. The maximum atomic E-state index is 5.68. The maximum Gasteiger partial charge on any atom is 0.142 e. The van der Waals surface area contributed by atoms with E-state index in [9.17, 15) is 0 Å². The van der Waals surface area contributed by atoms with E-state index in [0.29, 0.717) is 11.6 Å². The normalized spacial score (nSPS) is 17.1. The van der Waals surface area contributed by atoms with Crippen molar-refractivity contribution in [3.63, 3.8) is 0 Å². The molecule has 0 bridgehead atoms. The standard InChI is InChI=1S/C12H18BrN3O/c1-16(8-9-2-4-17-5-3-9)12-11(13)6-10(14)7-15-12/h6-7,9H,2-5,8,14H2,1H3. The Kier molecular flexibility index (Phi) is 4.23. The van der Waals surface area contributed by atoms with Crippen molar-refractivity contribution >= 4 is 27.4 Å². The Morgan fingerprint density at radius 2 is 2.24 bits per heavy atom. The van der Waals surface area contributed by atoms with E-state index >= 15 is 0 Å². The smallest absolute Gasteiger partial charge is 0.142 e. The highest BCUT2D eigenvalue weighted by molar-refractivity contribution is 9.10. The predicted molar refractivity (Wildman–Crippen MR) is 73.2 cm³/mol. The molecule has 2 N–H and O–H groups in total. The van der Waals surface area contributed by atoms with Gasteiger partial charge in [-0.3, -0.25) is 0 Å². The average molecular weight is 300 g/mol. The molecule has 94 valence electrons. The van der Waals surface area contributed by atoms with Gasteiger partial charge in [0.2, 0.25) is 0 Å². The second-order valence-electron chi connectivity index (χ2n) is 4.51. The fourth-order valence-corrected chi connectivity index (χ4v) is 2.80. The molecule has 17 heavy (non-hydrogen) atoms. The van der Waals surface area contributed by atoms with Crippen molar-refractivity contribution in [1.29, 1.82) is 0 Å². The fourth-order valence-electron chi connectivity index (χ4n) is 2.13. The molecule has 0 aliphatic carbocycles. The quantitative estimate of drug-likeness (QED) is 0.930. The number of ether oxygens (including phenoxy) is 1. The summed E-state index contributed by atoms with van der Waals surface area (Å²) in [6.45, 7) is 2.78. The van der Waals surface area contributed by atoms with Crippen LogP contribution in [0.5, 0.6) is 0 Å². The number of anilines is 2. The zero-order valence-corrected chi connectivity index (χ0v) is 11.6. The van der Waals surface area contributed by atoms with Gasteiger partial charge in [-0.15, -0.1) is 0 Å². The minimum atomic E-state index is 0.681. The first-order valence-electron chi connectivity index (χ1n) is 5.86. The first kappa shape index (κ1) is 12.6.